The summed E-state index contributed by atoms with van der Waals surface area (Å²) in [7, 11) is 1.53. The van der Waals surface area contributed by atoms with Gasteiger partial charge in [0.2, 0.25) is 17.7 Å². The van der Waals surface area contributed by atoms with E-state index >= 15 is 0 Å². The molecule has 4 heterocycles. The monoisotopic (exact) mass is 502 g/mol. The van der Waals surface area contributed by atoms with Crippen LogP contribution < -0.4 is 15.4 Å². The molecule has 0 unspecified atom stereocenters. The lowest BCUT2D eigenvalue weighted by atomic mass is 9.78. The van der Waals surface area contributed by atoms with E-state index in [9.17, 15) is 14.9 Å². The summed E-state index contributed by atoms with van der Waals surface area (Å²) in [5.74, 6) is 0.594. The van der Waals surface area contributed by atoms with Crippen LogP contribution in [-0.2, 0) is 16.0 Å². The van der Waals surface area contributed by atoms with Crippen LogP contribution in [0.4, 0.5) is 11.4 Å². The number of aromatic nitrogens is 2. The molecule has 2 aliphatic rings. The van der Waals surface area contributed by atoms with Gasteiger partial charge in [-0.2, -0.15) is 5.26 Å². The molecule has 3 aromatic rings. The third kappa shape index (κ3) is 4.85. The molecule has 0 saturated carbocycles. The molecule has 0 spiro atoms. The summed E-state index contributed by atoms with van der Waals surface area (Å²) in [6.45, 7) is 2.13. The normalized spacial score (nSPS) is 17.1. The lowest BCUT2D eigenvalue weighted by molar-refractivity contribution is -0.125. The van der Waals surface area contributed by atoms with Gasteiger partial charge in [-0.25, -0.2) is 4.98 Å². The Bertz CT molecular complexity index is 1360. The van der Waals surface area contributed by atoms with Crippen LogP contribution in [0, 0.1) is 16.7 Å². The van der Waals surface area contributed by atoms with Gasteiger partial charge in [0.15, 0.2) is 0 Å². The average Bonchev–Trinajstić information content (AvgIpc) is 2.91. The third-order valence-electron chi connectivity index (χ3n) is 6.77. The molecule has 2 aliphatic heterocycles. The quantitative estimate of drug-likeness (QED) is 0.526. The fraction of sp³-hybridized carbons (Fsp3) is 0.346. The molecular formula is C26H26N6O3S. The van der Waals surface area contributed by atoms with Gasteiger partial charge in [-0.3, -0.25) is 14.6 Å². The van der Waals surface area contributed by atoms with Gasteiger partial charge in [0.25, 0.3) is 0 Å². The predicted octanol–water partition coefficient (Wildman–Crippen LogP) is 3.47. The van der Waals surface area contributed by atoms with Crippen molar-refractivity contribution >= 4 is 46.0 Å². The summed E-state index contributed by atoms with van der Waals surface area (Å²) in [4.78, 5) is 37.1. The van der Waals surface area contributed by atoms with E-state index in [1.165, 1.54) is 7.11 Å². The standard InChI is InChI=1S/C26H26N6O3S/c1-35-23-5-3-18-24(31-23)19(6-10-28-18)30-25(34)26(16-27)8-12-32(13-9-26)11-7-17-2-4-21-20(14-17)29-22(33)15-36-21/h2-6,10,14H,7-9,11-13,15H2,1H3,(H,29,33)(H,28,30,34). The fourth-order valence-electron chi connectivity index (χ4n) is 4.58. The van der Waals surface area contributed by atoms with E-state index in [-0.39, 0.29) is 11.8 Å². The van der Waals surface area contributed by atoms with Gasteiger partial charge in [-0.05, 0) is 49.1 Å². The maximum absolute atomic E-state index is 13.3. The van der Waals surface area contributed by atoms with Crippen molar-refractivity contribution in [1.82, 2.24) is 14.9 Å². The smallest absolute Gasteiger partial charge is 0.245 e. The lowest BCUT2D eigenvalue weighted by Crippen LogP contribution is -2.46. The average molecular weight is 503 g/mol. The largest absolute Gasteiger partial charge is 0.481 e. The summed E-state index contributed by atoms with van der Waals surface area (Å²) >= 11 is 1.55. The van der Waals surface area contributed by atoms with Crippen LogP contribution in [-0.4, -0.2) is 59.2 Å². The molecule has 2 aromatic heterocycles. The van der Waals surface area contributed by atoms with Gasteiger partial charge in [0.05, 0.1) is 35.8 Å². The van der Waals surface area contributed by atoms with Crippen LogP contribution in [0.5, 0.6) is 5.88 Å². The maximum atomic E-state index is 13.3. The Balaban J connectivity index is 1.21. The zero-order chi connectivity index (χ0) is 25.1. The van der Waals surface area contributed by atoms with Gasteiger partial charge in [-0.1, -0.05) is 6.07 Å². The van der Waals surface area contributed by atoms with Gasteiger partial charge in [-0.15, -0.1) is 11.8 Å². The molecule has 0 radical (unpaired) electrons. The summed E-state index contributed by atoms with van der Waals surface area (Å²) < 4.78 is 5.21. The van der Waals surface area contributed by atoms with Crippen LogP contribution in [0.25, 0.3) is 11.0 Å². The first kappa shape index (κ1) is 24.0. The van der Waals surface area contributed by atoms with Crippen molar-refractivity contribution in [3.63, 3.8) is 0 Å². The number of nitrogens with one attached hydrogen (secondary N) is 2. The number of carbonyl (C=O) groups is 2. The molecule has 10 heteroatoms. The maximum Gasteiger partial charge on any atom is 0.245 e. The number of fused-ring (bicyclic) bond motifs is 2. The van der Waals surface area contributed by atoms with E-state index in [1.807, 2.05) is 6.07 Å². The number of rotatable bonds is 6. The Morgan fingerprint density at radius 3 is 2.89 bits per heavy atom. The number of piperidine rings is 1. The Morgan fingerprint density at radius 2 is 2.11 bits per heavy atom. The molecular weight excluding hydrogens is 476 g/mol. The summed E-state index contributed by atoms with van der Waals surface area (Å²) in [6, 6.07) is 13.7. The molecule has 5 rings (SSSR count). The highest BCUT2D eigenvalue weighted by atomic mass is 32.2. The molecule has 0 bridgehead atoms. The van der Waals surface area contributed by atoms with E-state index < -0.39 is 5.41 Å². The number of thioether (sulfide) groups is 1. The van der Waals surface area contributed by atoms with Crippen molar-refractivity contribution in [3.05, 3.63) is 48.2 Å². The van der Waals surface area contributed by atoms with E-state index in [1.54, 1.807) is 36.2 Å². The Kier molecular flexibility index (Phi) is 6.76. The van der Waals surface area contributed by atoms with Crippen molar-refractivity contribution < 1.29 is 14.3 Å². The Hall–Kier alpha value is -3.68. The molecule has 0 atom stereocenters. The van der Waals surface area contributed by atoms with E-state index in [0.717, 1.165) is 29.1 Å². The molecule has 9 nitrogen and oxygen atoms in total. The first-order valence-corrected chi connectivity index (χ1v) is 12.8. The first-order chi connectivity index (χ1) is 17.5. The highest BCUT2D eigenvalue weighted by Gasteiger charge is 2.42. The number of nitriles is 1. The minimum atomic E-state index is -1.10. The molecule has 1 fully saturated rings. The SMILES string of the molecule is COc1ccc2nccc(NC(=O)C3(C#N)CCN(CCc4ccc5c(c4)NC(=O)CS5)CC3)c2n1. The van der Waals surface area contributed by atoms with Gasteiger partial charge >= 0.3 is 0 Å². The third-order valence-corrected chi connectivity index (χ3v) is 7.84. The number of hydrogen-bond acceptors (Lipinski definition) is 8. The molecule has 2 amide bonds. The molecule has 1 saturated heterocycles. The van der Waals surface area contributed by atoms with Crippen LogP contribution in [0.2, 0.25) is 0 Å². The van der Waals surface area contributed by atoms with Crippen molar-refractivity contribution in [2.45, 2.75) is 24.2 Å². The number of likely N-dealkylation sites (tertiary alicyclic amines) is 1. The second-order valence-electron chi connectivity index (χ2n) is 8.99. The van der Waals surface area contributed by atoms with Crippen LogP contribution in [0.15, 0.2) is 47.5 Å². The highest BCUT2D eigenvalue weighted by Crippen LogP contribution is 2.34. The second kappa shape index (κ2) is 10.1. The number of pyridine rings is 2. The summed E-state index contributed by atoms with van der Waals surface area (Å²) in [6.07, 6.45) is 3.34. The number of anilines is 2. The number of ether oxygens (including phenoxy) is 1. The van der Waals surface area contributed by atoms with E-state index in [0.29, 0.717) is 54.3 Å². The minimum absolute atomic E-state index is 0.0292. The first-order valence-electron chi connectivity index (χ1n) is 11.8. The minimum Gasteiger partial charge on any atom is -0.481 e. The summed E-state index contributed by atoms with van der Waals surface area (Å²) in [5.41, 5.74) is 2.60. The number of nitrogens with zero attached hydrogens (tertiary/aromatic N) is 4. The number of methoxy groups -OCH3 is 1. The predicted molar refractivity (Wildman–Crippen MR) is 138 cm³/mol. The number of hydrogen-bond donors (Lipinski definition) is 2. The molecule has 184 valence electrons. The fourth-order valence-corrected chi connectivity index (χ4v) is 5.37. The van der Waals surface area contributed by atoms with Crippen molar-refractivity contribution in [2.75, 3.05) is 43.1 Å². The van der Waals surface area contributed by atoms with Crippen LogP contribution in [0.3, 0.4) is 0 Å². The Morgan fingerprint density at radius 1 is 1.28 bits per heavy atom. The molecule has 2 N–H and O–H groups in total. The zero-order valence-electron chi connectivity index (χ0n) is 19.9. The molecule has 0 aliphatic carbocycles. The van der Waals surface area contributed by atoms with Crippen LogP contribution >= 0.6 is 11.8 Å². The second-order valence-corrected chi connectivity index (χ2v) is 10.0. The van der Waals surface area contributed by atoms with Crippen molar-refractivity contribution in [3.8, 4) is 11.9 Å². The number of amides is 2. The Labute approximate surface area is 213 Å². The molecule has 1 aromatic carbocycles. The van der Waals surface area contributed by atoms with Crippen LogP contribution in [0.1, 0.15) is 18.4 Å². The van der Waals surface area contributed by atoms with Crippen molar-refractivity contribution in [1.29, 1.82) is 5.26 Å². The van der Waals surface area contributed by atoms with E-state index in [2.05, 4.69) is 43.7 Å². The lowest BCUT2D eigenvalue weighted by Gasteiger charge is -2.36. The van der Waals surface area contributed by atoms with E-state index in [4.69, 9.17) is 4.74 Å². The van der Waals surface area contributed by atoms with Gasteiger partial charge in [0.1, 0.15) is 10.9 Å². The summed E-state index contributed by atoms with van der Waals surface area (Å²) in [5, 5.41) is 15.9. The zero-order valence-corrected chi connectivity index (χ0v) is 20.7. The van der Waals surface area contributed by atoms with Crippen molar-refractivity contribution in [2.24, 2.45) is 5.41 Å². The topological polar surface area (TPSA) is 120 Å². The number of benzene rings is 1. The van der Waals surface area contributed by atoms with Gasteiger partial charge in [0, 0.05) is 36.8 Å². The highest BCUT2D eigenvalue weighted by molar-refractivity contribution is 8.00. The number of carbonyl (C=O) groups excluding carboxylic acids is 2. The molecule has 36 heavy (non-hydrogen) atoms. The van der Waals surface area contributed by atoms with Gasteiger partial charge < -0.3 is 20.3 Å².